The van der Waals surface area contributed by atoms with Crippen LogP contribution >= 0.6 is 11.3 Å². The first-order valence-electron chi connectivity index (χ1n) is 13.1. The first-order valence-corrected chi connectivity index (χ1v) is 13.9. The van der Waals surface area contributed by atoms with Crippen LogP contribution in [0.2, 0.25) is 0 Å². The average molecular weight is 611 g/mol. The molecule has 3 heterocycles. The fraction of sp³-hybridized carbons (Fsp3) is 0.241. The van der Waals surface area contributed by atoms with Crippen LogP contribution in [-0.4, -0.2) is 43.4 Å². The van der Waals surface area contributed by atoms with E-state index in [0.29, 0.717) is 22.3 Å². The lowest BCUT2D eigenvalue weighted by Crippen LogP contribution is -2.19. The minimum atomic E-state index is -3.29. The maximum Gasteiger partial charge on any atom is 0.324 e. The van der Waals surface area contributed by atoms with Crippen LogP contribution in [0.15, 0.2) is 66.9 Å². The molecule has 1 atom stereocenters. The number of fused-ring (bicyclic) bond motifs is 1. The molecule has 0 aliphatic rings. The lowest BCUT2D eigenvalue weighted by atomic mass is 9.82. The highest BCUT2D eigenvalue weighted by Crippen LogP contribution is 2.32. The number of anilines is 1. The summed E-state index contributed by atoms with van der Waals surface area (Å²) in [6.45, 7) is 6.39. The maximum absolute atomic E-state index is 13.3. The molecule has 3 aromatic heterocycles. The van der Waals surface area contributed by atoms with Crippen molar-refractivity contribution in [1.82, 2.24) is 19.7 Å². The van der Waals surface area contributed by atoms with Crippen LogP contribution in [0.3, 0.4) is 0 Å². The zero-order valence-corrected chi connectivity index (χ0v) is 23.9. The number of amides is 1. The Labute approximate surface area is 247 Å². The Bertz CT molecular complexity index is 1790. The largest absolute Gasteiger partial charge is 0.454 e. The van der Waals surface area contributed by atoms with Crippen LogP contribution in [0, 0.1) is 10.1 Å². The van der Waals surface area contributed by atoms with Gasteiger partial charge in [-0.05, 0) is 47.7 Å². The van der Waals surface area contributed by atoms with Crippen molar-refractivity contribution in [3.05, 3.63) is 87.4 Å². The number of carbonyl (C=O) groups excluding carboxylic acids is 1. The van der Waals surface area contributed by atoms with Gasteiger partial charge in [-0.2, -0.15) is 9.49 Å². The van der Waals surface area contributed by atoms with Crippen LogP contribution in [0.1, 0.15) is 42.4 Å². The third-order valence-electron chi connectivity index (χ3n) is 6.99. The highest BCUT2D eigenvalue weighted by Gasteiger charge is 2.23. The van der Waals surface area contributed by atoms with E-state index in [-0.39, 0.29) is 32.7 Å². The van der Waals surface area contributed by atoms with Gasteiger partial charge in [0.15, 0.2) is 11.5 Å². The van der Waals surface area contributed by atoms with Crippen LogP contribution < -0.4 is 10.1 Å². The minimum absolute atomic E-state index is 0.0439. The third-order valence-corrected chi connectivity index (χ3v) is 8.03. The lowest BCUT2D eigenvalue weighted by Gasteiger charge is -2.23. The predicted octanol–water partition coefficient (Wildman–Crippen LogP) is 7.33. The van der Waals surface area contributed by atoms with Gasteiger partial charge in [0.2, 0.25) is 0 Å². The molecule has 5 aromatic rings. The molecule has 5 rings (SSSR count). The van der Waals surface area contributed by atoms with Gasteiger partial charge in [0.1, 0.15) is 11.6 Å². The van der Waals surface area contributed by atoms with Crippen molar-refractivity contribution in [1.29, 1.82) is 0 Å². The number of hydrogen-bond donors (Lipinski definition) is 1. The normalized spacial score (nSPS) is 12.4. The second-order valence-electron chi connectivity index (χ2n) is 10.2. The van der Waals surface area contributed by atoms with Gasteiger partial charge < -0.3 is 10.1 Å². The van der Waals surface area contributed by atoms with Gasteiger partial charge in [0.25, 0.3) is 12.3 Å². The number of nitrogens with one attached hydrogen (secondary N) is 1. The first-order chi connectivity index (χ1) is 20.5. The molecule has 1 amide bonds. The number of benzene rings is 2. The fourth-order valence-corrected chi connectivity index (χ4v) is 4.88. The zero-order chi connectivity index (χ0) is 30.9. The Morgan fingerprint density at radius 3 is 2.37 bits per heavy atom. The number of rotatable bonds is 10. The molecule has 0 fully saturated rings. The summed E-state index contributed by atoms with van der Waals surface area (Å²) in [5.74, 6) is -0.295. The van der Waals surface area contributed by atoms with E-state index in [2.05, 4.69) is 40.9 Å². The third kappa shape index (κ3) is 6.18. The number of nitrogens with zero attached hydrogens (tertiary/aromatic N) is 5. The van der Waals surface area contributed by atoms with E-state index in [9.17, 15) is 28.1 Å². The molecule has 43 heavy (non-hydrogen) atoms. The van der Waals surface area contributed by atoms with Crippen LogP contribution in [0.5, 0.6) is 5.75 Å². The highest BCUT2D eigenvalue weighted by molar-refractivity contribution is 7.17. The summed E-state index contributed by atoms with van der Waals surface area (Å²) >= 11 is 0.729. The van der Waals surface area contributed by atoms with Gasteiger partial charge in [0.05, 0.1) is 27.1 Å². The van der Waals surface area contributed by atoms with Gasteiger partial charge in [-0.1, -0.05) is 56.4 Å². The molecule has 2 aromatic carbocycles. The quantitative estimate of drug-likeness (QED) is 0.130. The van der Waals surface area contributed by atoms with E-state index in [1.165, 1.54) is 47.3 Å². The van der Waals surface area contributed by atoms with Crippen molar-refractivity contribution in [2.75, 3.05) is 5.32 Å². The molecule has 0 aliphatic heterocycles. The summed E-state index contributed by atoms with van der Waals surface area (Å²) in [6.07, 6.45) is -3.68. The number of carbonyl (C=O) groups is 1. The lowest BCUT2D eigenvalue weighted by molar-refractivity contribution is -0.380. The van der Waals surface area contributed by atoms with Crippen molar-refractivity contribution in [3.8, 4) is 22.8 Å². The summed E-state index contributed by atoms with van der Waals surface area (Å²) in [4.78, 5) is 33.0. The predicted molar refractivity (Wildman–Crippen MR) is 156 cm³/mol. The molecule has 0 saturated heterocycles. The van der Waals surface area contributed by atoms with E-state index in [0.717, 1.165) is 23.3 Å². The smallest absolute Gasteiger partial charge is 0.324 e. The second kappa shape index (κ2) is 11.8. The monoisotopic (exact) mass is 610 g/mol. The number of ether oxygens (including phenoxy) is 1. The summed E-state index contributed by atoms with van der Waals surface area (Å²) in [5.41, 5.74) is 2.50. The molecule has 0 aliphatic carbocycles. The Morgan fingerprint density at radius 1 is 1.07 bits per heavy atom. The fourth-order valence-electron chi connectivity index (χ4n) is 4.16. The van der Waals surface area contributed by atoms with Gasteiger partial charge >= 0.3 is 11.4 Å². The number of thiophene rings is 1. The van der Waals surface area contributed by atoms with E-state index in [4.69, 9.17) is 4.98 Å². The topological polar surface area (TPSA) is 125 Å². The first kappa shape index (κ1) is 29.6. The van der Waals surface area contributed by atoms with Crippen molar-refractivity contribution < 1.29 is 27.6 Å². The molecule has 0 spiro atoms. The molecule has 0 radical (unpaired) electrons. The minimum Gasteiger partial charge on any atom is -0.454 e. The number of alkyl halides is 3. The van der Waals surface area contributed by atoms with E-state index >= 15 is 0 Å². The van der Waals surface area contributed by atoms with Gasteiger partial charge in [-0.25, -0.2) is 23.4 Å². The van der Waals surface area contributed by atoms with E-state index in [1.807, 2.05) is 24.3 Å². The summed E-state index contributed by atoms with van der Waals surface area (Å²) in [6, 6.07) is 16.0. The number of nitro groups is 1. The van der Waals surface area contributed by atoms with Gasteiger partial charge in [0, 0.05) is 11.6 Å². The SMILES string of the molecule is CCC(C)(C)c1ccc(-c2nc(NC(=O)c3ccc([N+](=O)[O-])s3)c3cnn(-c4ccc(OC(F)C(F)F)cc4)c3n2)cc1. The Morgan fingerprint density at radius 2 is 1.77 bits per heavy atom. The number of hydrogen-bond acceptors (Lipinski definition) is 8. The molecule has 0 bridgehead atoms. The highest BCUT2D eigenvalue weighted by atomic mass is 32.1. The standard InChI is InChI=1S/C29H25F3N6O4S/c1-4-29(2,3)17-7-5-16(6-8-17)25-34-26(36-28(39)21-13-14-22(43-21)38(40)41)20-15-33-37(27(20)35-25)18-9-11-19(12-10-18)42-24(32)23(30)31/h5-15,23-24H,4H2,1-3H3,(H,34,35,36,39). The van der Waals surface area contributed by atoms with E-state index < -0.39 is 23.6 Å². The molecular weight excluding hydrogens is 585 g/mol. The molecule has 1 unspecified atom stereocenters. The van der Waals surface area contributed by atoms with Crippen LogP contribution in [0.25, 0.3) is 28.1 Å². The second-order valence-corrected chi connectivity index (χ2v) is 11.2. The number of aromatic nitrogens is 4. The summed E-state index contributed by atoms with van der Waals surface area (Å²) < 4.78 is 44.5. The van der Waals surface area contributed by atoms with E-state index in [1.54, 1.807) is 0 Å². The maximum atomic E-state index is 13.3. The molecule has 222 valence electrons. The van der Waals surface area contributed by atoms with Crippen molar-refractivity contribution in [2.24, 2.45) is 0 Å². The average Bonchev–Trinajstić information content (AvgIpc) is 3.66. The molecule has 10 nitrogen and oxygen atoms in total. The Kier molecular flexibility index (Phi) is 8.13. The molecular formula is C29H25F3N6O4S. The Balaban J connectivity index is 1.56. The molecule has 0 saturated carbocycles. The van der Waals surface area contributed by atoms with Gasteiger partial charge in [-0.3, -0.25) is 14.9 Å². The van der Waals surface area contributed by atoms with Crippen LogP contribution in [-0.2, 0) is 5.41 Å². The van der Waals surface area contributed by atoms with Crippen LogP contribution in [0.4, 0.5) is 24.0 Å². The van der Waals surface area contributed by atoms with Gasteiger partial charge in [-0.15, -0.1) is 0 Å². The van der Waals surface area contributed by atoms with Crippen molar-refractivity contribution >= 4 is 39.1 Å². The van der Waals surface area contributed by atoms with Crippen molar-refractivity contribution in [2.45, 2.75) is 45.4 Å². The number of halogens is 3. The Hall–Kier alpha value is -4.85. The molecule has 14 heteroatoms. The summed E-state index contributed by atoms with van der Waals surface area (Å²) in [7, 11) is 0. The summed E-state index contributed by atoms with van der Waals surface area (Å²) in [5, 5.41) is 18.4. The van der Waals surface area contributed by atoms with Crippen molar-refractivity contribution in [3.63, 3.8) is 0 Å². The molecule has 1 N–H and O–H groups in total. The zero-order valence-electron chi connectivity index (χ0n) is 23.1.